The molecule has 0 aliphatic rings. The number of rotatable bonds is 6. The van der Waals surface area contributed by atoms with E-state index in [1.54, 1.807) is 24.3 Å². The zero-order valence-corrected chi connectivity index (χ0v) is 13.8. The monoisotopic (exact) mass is 324 g/mol. The predicted octanol–water partition coefficient (Wildman–Crippen LogP) is 2.56. The number of hydrogen-bond donors (Lipinski definition) is 1. The number of anilines is 1. The van der Waals surface area contributed by atoms with Gasteiger partial charge in [-0.3, -0.25) is 14.4 Å². The lowest BCUT2D eigenvalue weighted by atomic mass is 10.1. The van der Waals surface area contributed by atoms with E-state index in [0.717, 1.165) is 5.56 Å². The molecular formula is C19H20N2O3. The minimum absolute atomic E-state index is 0.0890. The maximum atomic E-state index is 12.2. The highest BCUT2D eigenvalue weighted by Crippen LogP contribution is 2.17. The molecule has 1 N–H and O–H groups in total. The molecule has 2 rings (SSSR count). The fourth-order valence-corrected chi connectivity index (χ4v) is 2.27. The molecule has 0 unspecified atom stereocenters. The van der Waals surface area contributed by atoms with Gasteiger partial charge in [0.05, 0.1) is 0 Å². The Labute approximate surface area is 141 Å². The lowest BCUT2D eigenvalue weighted by Crippen LogP contribution is -2.39. The number of carbonyl (C=O) groups is 3. The smallest absolute Gasteiger partial charge is 0.240 e. The quantitative estimate of drug-likeness (QED) is 0.831. The lowest BCUT2D eigenvalue weighted by Gasteiger charge is -2.21. The number of ketones is 1. The van der Waals surface area contributed by atoms with Gasteiger partial charge in [0, 0.05) is 24.7 Å². The van der Waals surface area contributed by atoms with Crippen molar-refractivity contribution in [2.75, 3.05) is 11.4 Å². The number of nitrogens with one attached hydrogen (secondary N) is 1. The van der Waals surface area contributed by atoms with Crippen LogP contribution in [-0.2, 0) is 16.1 Å². The molecule has 0 saturated heterocycles. The highest BCUT2D eigenvalue weighted by molar-refractivity contribution is 6.00. The van der Waals surface area contributed by atoms with Gasteiger partial charge in [-0.05, 0) is 24.6 Å². The van der Waals surface area contributed by atoms with E-state index in [9.17, 15) is 14.4 Å². The zero-order valence-electron chi connectivity index (χ0n) is 13.8. The summed E-state index contributed by atoms with van der Waals surface area (Å²) in [5, 5.41) is 2.79. The normalized spacial score (nSPS) is 10.1. The van der Waals surface area contributed by atoms with Gasteiger partial charge < -0.3 is 10.2 Å². The van der Waals surface area contributed by atoms with Crippen LogP contribution in [-0.4, -0.2) is 24.1 Å². The fraction of sp³-hybridized carbons (Fsp3) is 0.211. The number of Topliss-reactive ketones (excluding diaryl/α,β-unsaturated/α-hetero) is 1. The van der Waals surface area contributed by atoms with Crippen LogP contribution in [0.25, 0.3) is 0 Å². The highest BCUT2D eigenvalue weighted by atomic mass is 16.2. The van der Waals surface area contributed by atoms with Gasteiger partial charge in [-0.1, -0.05) is 42.5 Å². The van der Waals surface area contributed by atoms with Gasteiger partial charge in [-0.2, -0.15) is 0 Å². The number of benzene rings is 2. The van der Waals surface area contributed by atoms with Crippen molar-refractivity contribution < 1.29 is 14.4 Å². The van der Waals surface area contributed by atoms with E-state index in [1.807, 2.05) is 30.3 Å². The van der Waals surface area contributed by atoms with Gasteiger partial charge in [-0.15, -0.1) is 0 Å². The van der Waals surface area contributed by atoms with Gasteiger partial charge in [0.25, 0.3) is 0 Å². The second-order valence-electron chi connectivity index (χ2n) is 5.47. The first-order valence-electron chi connectivity index (χ1n) is 7.67. The Morgan fingerprint density at radius 1 is 0.958 bits per heavy atom. The van der Waals surface area contributed by atoms with Crippen molar-refractivity contribution in [3.63, 3.8) is 0 Å². The molecule has 0 saturated carbocycles. The Bertz CT molecular complexity index is 741. The van der Waals surface area contributed by atoms with E-state index < -0.39 is 0 Å². The molecule has 0 spiro atoms. The lowest BCUT2D eigenvalue weighted by molar-refractivity contribution is -0.123. The van der Waals surface area contributed by atoms with E-state index in [-0.39, 0.29) is 24.1 Å². The molecule has 0 radical (unpaired) electrons. The first kappa shape index (κ1) is 17.4. The molecule has 5 heteroatoms. The van der Waals surface area contributed by atoms with Crippen molar-refractivity contribution in [2.45, 2.75) is 20.4 Å². The molecule has 0 atom stereocenters. The topological polar surface area (TPSA) is 66.5 Å². The van der Waals surface area contributed by atoms with Crippen molar-refractivity contribution in [1.29, 1.82) is 0 Å². The summed E-state index contributed by atoms with van der Waals surface area (Å²) in [7, 11) is 0. The van der Waals surface area contributed by atoms with Crippen LogP contribution < -0.4 is 10.2 Å². The van der Waals surface area contributed by atoms with Crippen LogP contribution in [0.15, 0.2) is 54.6 Å². The SMILES string of the molecule is CC(=O)c1cccc(N(CC(=O)NCc2ccccc2)C(C)=O)c1. The van der Waals surface area contributed by atoms with Crippen LogP contribution in [0, 0.1) is 0 Å². The fourth-order valence-electron chi connectivity index (χ4n) is 2.27. The number of amides is 2. The number of hydrogen-bond acceptors (Lipinski definition) is 3. The van der Waals surface area contributed by atoms with Crippen molar-refractivity contribution >= 4 is 23.3 Å². The number of carbonyl (C=O) groups excluding carboxylic acids is 3. The van der Waals surface area contributed by atoms with Crippen LogP contribution in [0.3, 0.4) is 0 Å². The van der Waals surface area contributed by atoms with Gasteiger partial charge in [0.1, 0.15) is 6.54 Å². The summed E-state index contributed by atoms with van der Waals surface area (Å²) in [6.07, 6.45) is 0. The summed E-state index contributed by atoms with van der Waals surface area (Å²) in [6.45, 7) is 3.16. The van der Waals surface area contributed by atoms with Crippen molar-refractivity contribution in [2.24, 2.45) is 0 Å². The molecule has 5 nitrogen and oxygen atoms in total. The second kappa shape index (κ2) is 8.06. The molecule has 124 valence electrons. The third-order valence-corrected chi connectivity index (χ3v) is 3.58. The molecule has 0 fully saturated rings. The average molecular weight is 324 g/mol. The Kier molecular flexibility index (Phi) is 5.84. The average Bonchev–Trinajstić information content (AvgIpc) is 2.58. The molecule has 0 bridgehead atoms. The van der Waals surface area contributed by atoms with Gasteiger partial charge in [0.15, 0.2) is 5.78 Å². The minimum Gasteiger partial charge on any atom is -0.350 e. The standard InChI is InChI=1S/C19H20N2O3/c1-14(22)17-9-6-10-18(11-17)21(15(2)23)13-19(24)20-12-16-7-4-3-5-8-16/h3-11H,12-13H2,1-2H3,(H,20,24). The largest absolute Gasteiger partial charge is 0.350 e. The Hall–Kier alpha value is -2.95. The molecule has 24 heavy (non-hydrogen) atoms. The molecule has 0 aliphatic heterocycles. The van der Waals surface area contributed by atoms with Crippen molar-refractivity contribution in [3.8, 4) is 0 Å². The summed E-state index contributed by atoms with van der Waals surface area (Å²) in [5.41, 5.74) is 2.02. The summed E-state index contributed by atoms with van der Waals surface area (Å²) >= 11 is 0. The highest BCUT2D eigenvalue weighted by Gasteiger charge is 2.16. The van der Waals surface area contributed by atoms with Crippen molar-refractivity contribution in [3.05, 3.63) is 65.7 Å². The van der Waals surface area contributed by atoms with Crippen LogP contribution in [0.4, 0.5) is 5.69 Å². The predicted molar refractivity (Wildman–Crippen MR) is 92.8 cm³/mol. The maximum Gasteiger partial charge on any atom is 0.240 e. The van der Waals surface area contributed by atoms with E-state index in [2.05, 4.69) is 5.32 Å². The minimum atomic E-state index is -0.262. The summed E-state index contributed by atoms with van der Waals surface area (Å²) in [4.78, 5) is 36.9. The third-order valence-electron chi connectivity index (χ3n) is 3.58. The first-order valence-corrected chi connectivity index (χ1v) is 7.67. The number of nitrogens with zero attached hydrogens (tertiary/aromatic N) is 1. The Balaban J connectivity index is 2.05. The van der Waals surface area contributed by atoms with E-state index in [4.69, 9.17) is 0 Å². The third kappa shape index (κ3) is 4.78. The Morgan fingerprint density at radius 3 is 2.29 bits per heavy atom. The molecule has 2 aromatic carbocycles. The molecular weight excluding hydrogens is 304 g/mol. The van der Waals surface area contributed by atoms with Crippen molar-refractivity contribution in [1.82, 2.24) is 5.32 Å². The maximum absolute atomic E-state index is 12.2. The molecule has 2 amide bonds. The van der Waals surface area contributed by atoms with Gasteiger partial charge >= 0.3 is 0 Å². The van der Waals surface area contributed by atoms with Gasteiger partial charge in [-0.25, -0.2) is 0 Å². The van der Waals surface area contributed by atoms with Crippen LogP contribution >= 0.6 is 0 Å². The zero-order chi connectivity index (χ0) is 17.5. The summed E-state index contributed by atoms with van der Waals surface area (Å²) in [6, 6.07) is 16.2. The van der Waals surface area contributed by atoms with Crippen LogP contribution in [0.1, 0.15) is 29.8 Å². The second-order valence-corrected chi connectivity index (χ2v) is 5.47. The van der Waals surface area contributed by atoms with E-state index >= 15 is 0 Å². The molecule has 0 aliphatic carbocycles. The van der Waals surface area contributed by atoms with E-state index in [0.29, 0.717) is 17.8 Å². The van der Waals surface area contributed by atoms with Gasteiger partial charge in [0.2, 0.25) is 11.8 Å². The first-order chi connectivity index (χ1) is 11.5. The Morgan fingerprint density at radius 2 is 1.67 bits per heavy atom. The summed E-state index contributed by atoms with van der Waals surface area (Å²) < 4.78 is 0. The molecule has 0 heterocycles. The summed E-state index contributed by atoms with van der Waals surface area (Å²) in [5.74, 6) is -0.610. The molecule has 2 aromatic rings. The van der Waals surface area contributed by atoms with Crippen LogP contribution in [0.2, 0.25) is 0 Å². The van der Waals surface area contributed by atoms with Crippen LogP contribution in [0.5, 0.6) is 0 Å². The van der Waals surface area contributed by atoms with E-state index in [1.165, 1.54) is 18.7 Å². The molecule has 0 aromatic heterocycles.